The lowest BCUT2D eigenvalue weighted by Gasteiger charge is -2.35. The van der Waals surface area contributed by atoms with Crippen LogP contribution in [0.5, 0.6) is 5.75 Å². The number of benzene rings is 2. The van der Waals surface area contributed by atoms with Crippen molar-refractivity contribution in [1.82, 2.24) is 14.3 Å². The van der Waals surface area contributed by atoms with E-state index in [1.54, 1.807) is 11.0 Å². The number of hydrogen-bond acceptors (Lipinski definition) is 4. The number of aromatic nitrogens is 2. The average Bonchev–Trinajstić information content (AvgIpc) is 3.30. The first kappa shape index (κ1) is 20.1. The summed E-state index contributed by atoms with van der Waals surface area (Å²) >= 11 is 0. The molecule has 1 aliphatic heterocycles. The summed E-state index contributed by atoms with van der Waals surface area (Å²) in [7, 11) is 0. The summed E-state index contributed by atoms with van der Waals surface area (Å²) in [5.41, 5.74) is 3.17. The Balaban J connectivity index is 1.29. The van der Waals surface area contributed by atoms with Gasteiger partial charge in [-0.05, 0) is 55.5 Å². The topological polar surface area (TPSA) is 62.1 Å². The molecule has 0 bridgehead atoms. The SMILES string of the molecule is CCOc1ccc(NC(=O)N2CCN(c3nc4cc(F)ccc4n4cccc34)CC2)cc1. The minimum absolute atomic E-state index is 0.129. The molecule has 0 radical (unpaired) electrons. The first-order valence-corrected chi connectivity index (χ1v) is 10.7. The highest BCUT2D eigenvalue weighted by Gasteiger charge is 2.24. The number of fused-ring (bicyclic) bond motifs is 3. The first-order chi connectivity index (χ1) is 15.6. The van der Waals surface area contributed by atoms with Crippen molar-refractivity contribution in [3.63, 3.8) is 0 Å². The number of carbonyl (C=O) groups excluding carboxylic acids is 1. The Morgan fingerprint density at radius 1 is 1.06 bits per heavy atom. The minimum Gasteiger partial charge on any atom is -0.494 e. The van der Waals surface area contributed by atoms with Gasteiger partial charge in [0.05, 0.1) is 23.2 Å². The molecule has 0 saturated carbocycles. The van der Waals surface area contributed by atoms with E-state index < -0.39 is 0 Å². The number of urea groups is 1. The van der Waals surface area contributed by atoms with E-state index in [2.05, 4.69) is 10.2 Å². The fraction of sp³-hybridized carbons (Fsp3) is 0.250. The maximum Gasteiger partial charge on any atom is 0.321 e. The zero-order valence-electron chi connectivity index (χ0n) is 17.8. The summed E-state index contributed by atoms with van der Waals surface area (Å²) in [6, 6.07) is 15.8. The van der Waals surface area contributed by atoms with Crippen LogP contribution in [0, 0.1) is 5.82 Å². The standard InChI is InChI=1S/C24H24FN5O2/c1-2-32-19-8-6-18(7-9-19)26-24(31)29-14-12-28(13-15-29)23-22-4-3-11-30(22)21-10-5-17(25)16-20(21)27-23/h3-11,16H,2,12-15H2,1H3,(H,26,31). The van der Waals surface area contributed by atoms with E-state index in [1.807, 2.05) is 53.9 Å². The van der Waals surface area contributed by atoms with Crippen LogP contribution in [0.25, 0.3) is 16.6 Å². The largest absolute Gasteiger partial charge is 0.494 e. The molecular weight excluding hydrogens is 409 g/mol. The summed E-state index contributed by atoms with van der Waals surface area (Å²) in [4.78, 5) is 21.4. The molecule has 2 aromatic heterocycles. The molecule has 1 aliphatic rings. The van der Waals surface area contributed by atoms with Crippen molar-refractivity contribution in [2.75, 3.05) is 43.0 Å². The molecule has 4 aromatic rings. The molecule has 8 heteroatoms. The number of carbonyl (C=O) groups is 1. The molecule has 1 N–H and O–H groups in total. The number of halogens is 1. The highest BCUT2D eigenvalue weighted by Crippen LogP contribution is 2.27. The summed E-state index contributed by atoms with van der Waals surface area (Å²) in [5.74, 6) is 1.27. The molecule has 2 amide bonds. The van der Waals surface area contributed by atoms with Crippen LogP contribution < -0.4 is 15.0 Å². The number of anilines is 2. The molecule has 1 saturated heterocycles. The van der Waals surface area contributed by atoms with E-state index >= 15 is 0 Å². The minimum atomic E-state index is -0.307. The second-order valence-corrected chi connectivity index (χ2v) is 7.69. The third-order valence-electron chi connectivity index (χ3n) is 5.68. The van der Waals surface area contributed by atoms with Crippen LogP contribution in [0.15, 0.2) is 60.8 Å². The quantitative estimate of drug-likeness (QED) is 0.519. The molecule has 2 aromatic carbocycles. The van der Waals surface area contributed by atoms with E-state index in [1.165, 1.54) is 12.1 Å². The predicted octanol–water partition coefficient (Wildman–Crippen LogP) is 4.38. The van der Waals surface area contributed by atoms with Gasteiger partial charge in [0.25, 0.3) is 0 Å². The third-order valence-corrected chi connectivity index (χ3v) is 5.68. The smallest absolute Gasteiger partial charge is 0.321 e. The van der Waals surface area contributed by atoms with Crippen LogP contribution in [0.2, 0.25) is 0 Å². The summed E-state index contributed by atoms with van der Waals surface area (Å²) in [6.07, 6.45) is 1.96. The number of piperazine rings is 1. The van der Waals surface area contributed by atoms with Gasteiger partial charge in [-0.2, -0.15) is 0 Å². The van der Waals surface area contributed by atoms with Crippen molar-refractivity contribution in [3.8, 4) is 5.75 Å². The Bertz CT molecular complexity index is 1260. The van der Waals surface area contributed by atoms with E-state index in [0.29, 0.717) is 38.3 Å². The number of rotatable bonds is 4. The number of ether oxygens (including phenoxy) is 1. The van der Waals surface area contributed by atoms with Crippen LogP contribution in [-0.4, -0.2) is 53.1 Å². The third kappa shape index (κ3) is 3.79. The average molecular weight is 433 g/mol. The highest BCUT2D eigenvalue weighted by molar-refractivity contribution is 5.90. The fourth-order valence-electron chi connectivity index (χ4n) is 4.09. The number of hydrogen-bond donors (Lipinski definition) is 1. The second kappa shape index (κ2) is 8.37. The van der Waals surface area contributed by atoms with Crippen LogP contribution in [0.4, 0.5) is 20.7 Å². The maximum atomic E-state index is 13.8. The second-order valence-electron chi connectivity index (χ2n) is 7.69. The van der Waals surface area contributed by atoms with Crippen molar-refractivity contribution in [3.05, 3.63) is 66.6 Å². The van der Waals surface area contributed by atoms with Crippen LogP contribution >= 0.6 is 0 Å². The van der Waals surface area contributed by atoms with E-state index in [9.17, 15) is 9.18 Å². The molecular formula is C24H24FN5O2. The Morgan fingerprint density at radius 2 is 1.84 bits per heavy atom. The Hall–Kier alpha value is -3.81. The van der Waals surface area contributed by atoms with Gasteiger partial charge in [0.2, 0.25) is 0 Å². The highest BCUT2D eigenvalue weighted by atomic mass is 19.1. The normalized spacial score (nSPS) is 14.2. The van der Waals surface area contributed by atoms with Gasteiger partial charge < -0.3 is 24.3 Å². The van der Waals surface area contributed by atoms with Crippen molar-refractivity contribution in [1.29, 1.82) is 0 Å². The Kier molecular flexibility index (Phi) is 5.26. The van der Waals surface area contributed by atoms with Gasteiger partial charge in [-0.25, -0.2) is 14.2 Å². The molecule has 5 rings (SSSR count). The van der Waals surface area contributed by atoms with E-state index in [-0.39, 0.29) is 11.8 Å². The summed E-state index contributed by atoms with van der Waals surface area (Å²) in [5, 5.41) is 2.94. The Labute approximate surface area is 185 Å². The molecule has 0 unspecified atom stereocenters. The van der Waals surface area contributed by atoms with Crippen molar-refractivity contribution in [2.45, 2.75) is 6.92 Å². The lowest BCUT2D eigenvalue weighted by atomic mass is 10.2. The van der Waals surface area contributed by atoms with Crippen LogP contribution in [0.3, 0.4) is 0 Å². The van der Waals surface area contributed by atoms with E-state index in [0.717, 1.165) is 28.3 Å². The molecule has 7 nitrogen and oxygen atoms in total. The molecule has 32 heavy (non-hydrogen) atoms. The van der Waals surface area contributed by atoms with Gasteiger partial charge in [0.15, 0.2) is 5.82 Å². The maximum absolute atomic E-state index is 13.8. The molecule has 164 valence electrons. The number of nitrogens with one attached hydrogen (secondary N) is 1. The van der Waals surface area contributed by atoms with Gasteiger partial charge in [-0.15, -0.1) is 0 Å². The summed E-state index contributed by atoms with van der Waals surface area (Å²) in [6.45, 7) is 4.96. The van der Waals surface area contributed by atoms with E-state index in [4.69, 9.17) is 9.72 Å². The van der Waals surface area contributed by atoms with Crippen molar-refractivity contribution >= 4 is 34.1 Å². The lowest BCUT2D eigenvalue weighted by Crippen LogP contribution is -2.50. The number of amides is 2. The monoisotopic (exact) mass is 433 g/mol. The molecule has 0 aliphatic carbocycles. The van der Waals surface area contributed by atoms with Crippen LogP contribution in [-0.2, 0) is 0 Å². The molecule has 3 heterocycles. The predicted molar refractivity (Wildman–Crippen MR) is 123 cm³/mol. The zero-order valence-corrected chi connectivity index (χ0v) is 17.8. The summed E-state index contributed by atoms with van der Waals surface area (Å²) < 4.78 is 21.3. The van der Waals surface area contributed by atoms with Crippen LogP contribution in [0.1, 0.15) is 6.92 Å². The van der Waals surface area contributed by atoms with Crippen molar-refractivity contribution < 1.29 is 13.9 Å². The first-order valence-electron chi connectivity index (χ1n) is 10.7. The molecule has 1 fully saturated rings. The fourth-order valence-corrected chi connectivity index (χ4v) is 4.09. The zero-order chi connectivity index (χ0) is 22.1. The van der Waals surface area contributed by atoms with Gasteiger partial charge in [-0.1, -0.05) is 0 Å². The number of nitrogens with zero attached hydrogens (tertiary/aromatic N) is 4. The van der Waals surface area contributed by atoms with Gasteiger partial charge in [0, 0.05) is 44.1 Å². The molecule has 0 spiro atoms. The van der Waals surface area contributed by atoms with Gasteiger partial charge in [0.1, 0.15) is 11.6 Å². The van der Waals surface area contributed by atoms with Gasteiger partial charge >= 0.3 is 6.03 Å². The lowest BCUT2D eigenvalue weighted by molar-refractivity contribution is 0.208. The van der Waals surface area contributed by atoms with Gasteiger partial charge in [-0.3, -0.25) is 0 Å². The van der Waals surface area contributed by atoms with Crippen molar-refractivity contribution in [2.24, 2.45) is 0 Å². The molecule has 0 atom stereocenters. The Morgan fingerprint density at radius 3 is 2.59 bits per heavy atom.